The summed E-state index contributed by atoms with van der Waals surface area (Å²) in [6, 6.07) is 14.1. The number of aryl methyl sites for hydroxylation is 1. The molecule has 0 unspecified atom stereocenters. The third-order valence-electron chi connectivity index (χ3n) is 3.87. The smallest absolute Gasteiger partial charge is 0.351 e. The van der Waals surface area contributed by atoms with Crippen LogP contribution >= 0.6 is 0 Å². The van der Waals surface area contributed by atoms with Gasteiger partial charge in [0.15, 0.2) is 0 Å². The van der Waals surface area contributed by atoms with E-state index in [1.54, 1.807) is 49.5 Å². The van der Waals surface area contributed by atoms with Gasteiger partial charge in [0.2, 0.25) is 5.69 Å². The lowest BCUT2D eigenvalue weighted by Crippen LogP contribution is -2.05. The van der Waals surface area contributed by atoms with E-state index >= 15 is 0 Å². The molecule has 1 heterocycles. The number of carboxylic acids is 1. The van der Waals surface area contributed by atoms with Crippen molar-refractivity contribution in [1.29, 1.82) is 0 Å². The number of aromatic carboxylic acids is 1. The second-order valence-electron chi connectivity index (χ2n) is 5.36. The number of carboxylic acid groups (broad SMARTS) is 1. The molecule has 118 valence electrons. The van der Waals surface area contributed by atoms with E-state index in [-0.39, 0.29) is 11.4 Å². The Labute approximate surface area is 138 Å². The van der Waals surface area contributed by atoms with Crippen molar-refractivity contribution < 1.29 is 15.0 Å². The maximum absolute atomic E-state index is 11.5. The number of hydrogen-bond donors (Lipinski definition) is 2. The van der Waals surface area contributed by atoms with E-state index in [4.69, 9.17) is 6.57 Å². The maximum Gasteiger partial charge on any atom is 0.351 e. The highest BCUT2D eigenvalue weighted by atomic mass is 16.4. The number of aromatic hydroxyl groups is 1. The molecule has 0 aliphatic heterocycles. The Hall–Kier alpha value is -3.52. The number of para-hydroxylation sites is 1. The van der Waals surface area contributed by atoms with Crippen LogP contribution in [0.4, 0.5) is 5.69 Å². The summed E-state index contributed by atoms with van der Waals surface area (Å²) in [5.74, 6) is -0.898. The molecule has 0 bridgehead atoms. The number of rotatable bonds is 3. The van der Waals surface area contributed by atoms with Crippen LogP contribution in [0.3, 0.4) is 0 Å². The first-order valence-electron chi connectivity index (χ1n) is 7.21. The Kier molecular flexibility index (Phi) is 3.80. The van der Waals surface area contributed by atoms with E-state index in [9.17, 15) is 15.0 Å². The summed E-state index contributed by atoms with van der Waals surface area (Å²) in [6.45, 7) is 7.28. The lowest BCUT2D eigenvalue weighted by Gasteiger charge is -2.08. The topological polar surface area (TPSA) is 66.8 Å². The van der Waals surface area contributed by atoms with Gasteiger partial charge in [-0.15, -0.1) is 0 Å². The molecule has 0 spiro atoms. The summed E-state index contributed by atoms with van der Waals surface area (Å²) in [5.41, 5.74) is 2.94. The van der Waals surface area contributed by atoms with Crippen LogP contribution < -0.4 is 0 Å². The van der Waals surface area contributed by atoms with Crippen LogP contribution in [-0.4, -0.2) is 20.7 Å². The molecule has 0 aliphatic rings. The second-order valence-corrected chi connectivity index (χ2v) is 5.36. The van der Waals surface area contributed by atoms with Crippen molar-refractivity contribution in [3.63, 3.8) is 0 Å². The first kappa shape index (κ1) is 15.4. The lowest BCUT2D eigenvalue weighted by molar-refractivity contribution is 0.0687. The Morgan fingerprint density at radius 3 is 2.29 bits per heavy atom. The molecule has 0 saturated carbocycles. The Morgan fingerprint density at radius 1 is 1.08 bits per heavy atom. The van der Waals surface area contributed by atoms with Crippen molar-refractivity contribution >= 4 is 11.7 Å². The molecular weight excluding hydrogens is 304 g/mol. The minimum absolute atomic E-state index is 0.0799. The van der Waals surface area contributed by atoms with Crippen LogP contribution in [0, 0.1) is 6.57 Å². The van der Waals surface area contributed by atoms with E-state index in [0.717, 1.165) is 5.56 Å². The second kappa shape index (κ2) is 5.94. The average molecular weight is 318 g/mol. The number of hydrogen-bond acceptors (Lipinski definition) is 2. The summed E-state index contributed by atoms with van der Waals surface area (Å²) in [7, 11) is 1.61. The summed E-state index contributed by atoms with van der Waals surface area (Å²) in [6.07, 6.45) is 1.52. The molecule has 2 N–H and O–H groups in total. The van der Waals surface area contributed by atoms with Crippen molar-refractivity contribution in [2.45, 2.75) is 0 Å². The molecule has 3 aromatic rings. The van der Waals surface area contributed by atoms with E-state index in [1.807, 2.05) is 6.07 Å². The monoisotopic (exact) mass is 318 g/mol. The Morgan fingerprint density at radius 2 is 1.71 bits per heavy atom. The minimum atomic E-state index is -1.08. The number of phenolic OH excluding ortho intramolecular Hbond substituents is 1. The van der Waals surface area contributed by atoms with E-state index in [0.29, 0.717) is 22.4 Å². The van der Waals surface area contributed by atoms with Crippen LogP contribution in [0.5, 0.6) is 5.75 Å². The van der Waals surface area contributed by atoms with Crippen molar-refractivity contribution in [3.05, 3.63) is 71.8 Å². The third-order valence-corrected chi connectivity index (χ3v) is 3.87. The van der Waals surface area contributed by atoms with Gasteiger partial charge < -0.3 is 14.8 Å². The zero-order chi connectivity index (χ0) is 17.3. The lowest BCUT2D eigenvalue weighted by atomic mass is 9.99. The van der Waals surface area contributed by atoms with Gasteiger partial charge in [-0.2, -0.15) is 0 Å². The SMILES string of the molecule is [C-]#[N+]c1cn(C)c(C(=O)O)c1-c1ccc(-c2ccccc2O)cc1. The highest BCUT2D eigenvalue weighted by Crippen LogP contribution is 2.37. The Bertz CT molecular complexity index is 963. The molecule has 0 amide bonds. The van der Waals surface area contributed by atoms with E-state index < -0.39 is 5.97 Å². The van der Waals surface area contributed by atoms with Gasteiger partial charge in [-0.3, -0.25) is 0 Å². The molecule has 0 fully saturated rings. The molecule has 1 aromatic heterocycles. The van der Waals surface area contributed by atoms with Crippen molar-refractivity contribution in [2.75, 3.05) is 0 Å². The van der Waals surface area contributed by atoms with Gasteiger partial charge in [-0.25, -0.2) is 9.64 Å². The molecule has 0 saturated heterocycles. The molecule has 3 rings (SSSR count). The first-order chi connectivity index (χ1) is 11.5. The zero-order valence-corrected chi connectivity index (χ0v) is 12.9. The number of benzene rings is 2. The third kappa shape index (κ3) is 2.50. The predicted molar refractivity (Wildman–Crippen MR) is 91.2 cm³/mol. The normalized spacial score (nSPS) is 10.3. The molecule has 0 atom stereocenters. The van der Waals surface area contributed by atoms with Gasteiger partial charge in [-0.05, 0) is 17.2 Å². The summed E-state index contributed by atoms with van der Waals surface area (Å²) in [5, 5.41) is 19.4. The van der Waals surface area contributed by atoms with Crippen molar-refractivity contribution in [1.82, 2.24) is 4.57 Å². The van der Waals surface area contributed by atoms with Gasteiger partial charge in [0.1, 0.15) is 11.4 Å². The molecule has 0 aliphatic carbocycles. The summed E-state index contributed by atoms with van der Waals surface area (Å²) in [4.78, 5) is 15.0. The van der Waals surface area contributed by atoms with Gasteiger partial charge in [0, 0.05) is 24.4 Å². The van der Waals surface area contributed by atoms with Crippen LogP contribution in [0.2, 0.25) is 0 Å². The largest absolute Gasteiger partial charge is 0.507 e. The molecular formula is C19H14N2O3. The fraction of sp³-hybridized carbons (Fsp3) is 0.0526. The van der Waals surface area contributed by atoms with E-state index in [1.165, 1.54) is 10.8 Å². The van der Waals surface area contributed by atoms with Gasteiger partial charge in [0.25, 0.3) is 0 Å². The zero-order valence-electron chi connectivity index (χ0n) is 12.9. The van der Waals surface area contributed by atoms with E-state index in [2.05, 4.69) is 4.85 Å². The number of nitrogens with zero attached hydrogens (tertiary/aromatic N) is 2. The van der Waals surface area contributed by atoms with Crippen LogP contribution in [0.15, 0.2) is 54.7 Å². The van der Waals surface area contributed by atoms with Crippen LogP contribution in [0.25, 0.3) is 27.1 Å². The first-order valence-corrected chi connectivity index (χ1v) is 7.21. The number of aromatic nitrogens is 1. The fourth-order valence-corrected chi connectivity index (χ4v) is 2.77. The average Bonchev–Trinajstić information content (AvgIpc) is 2.92. The summed E-state index contributed by atoms with van der Waals surface area (Å²) >= 11 is 0. The number of phenols is 1. The van der Waals surface area contributed by atoms with Gasteiger partial charge in [-0.1, -0.05) is 42.5 Å². The van der Waals surface area contributed by atoms with Crippen molar-refractivity contribution in [2.24, 2.45) is 7.05 Å². The van der Waals surface area contributed by atoms with Crippen molar-refractivity contribution in [3.8, 4) is 28.0 Å². The highest BCUT2D eigenvalue weighted by Gasteiger charge is 2.21. The highest BCUT2D eigenvalue weighted by molar-refractivity contribution is 5.99. The molecule has 0 radical (unpaired) electrons. The van der Waals surface area contributed by atoms with Crippen LogP contribution in [0.1, 0.15) is 10.5 Å². The van der Waals surface area contributed by atoms with Crippen LogP contribution in [-0.2, 0) is 7.05 Å². The molecule has 2 aromatic carbocycles. The summed E-state index contributed by atoms with van der Waals surface area (Å²) < 4.78 is 1.45. The Balaban J connectivity index is 2.12. The molecule has 5 nitrogen and oxygen atoms in total. The predicted octanol–water partition coefficient (Wildman–Crippen LogP) is 4.31. The maximum atomic E-state index is 11.5. The molecule has 24 heavy (non-hydrogen) atoms. The fourth-order valence-electron chi connectivity index (χ4n) is 2.77. The standard InChI is InChI=1S/C19H14N2O3/c1-20-15-11-21(2)18(19(23)24)17(15)13-9-7-12(8-10-13)14-5-3-4-6-16(14)22/h3-11,22H,2H3,(H,23,24). The van der Waals surface area contributed by atoms with Gasteiger partial charge >= 0.3 is 5.97 Å². The number of carbonyl (C=O) groups is 1. The minimum Gasteiger partial charge on any atom is -0.507 e. The quantitative estimate of drug-likeness (QED) is 0.707. The molecule has 5 heteroatoms. The van der Waals surface area contributed by atoms with Gasteiger partial charge in [0.05, 0.1) is 6.57 Å².